The molecular weight excluding hydrogens is 181 g/mol. The molecule has 1 fully saturated rings. The van der Waals surface area contributed by atoms with Crippen LogP contribution in [0.3, 0.4) is 0 Å². The van der Waals surface area contributed by atoms with Crippen LogP contribution in [0.5, 0.6) is 5.75 Å². The van der Waals surface area contributed by atoms with E-state index in [0.29, 0.717) is 0 Å². The summed E-state index contributed by atoms with van der Waals surface area (Å²) in [5.74, 6) is -0.361. The fourth-order valence-corrected chi connectivity index (χ4v) is 1.93. The average Bonchev–Trinajstić information content (AvgIpc) is 2.18. The summed E-state index contributed by atoms with van der Waals surface area (Å²) in [6.07, 6.45) is 3.36. The Kier molecular flexibility index (Phi) is 2.68. The van der Waals surface area contributed by atoms with E-state index < -0.39 is 0 Å². The second-order valence-electron chi connectivity index (χ2n) is 3.75. The number of hydrogen-bond acceptors (Lipinski definition) is 2. The zero-order valence-corrected chi connectivity index (χ0v) is 7.96. The van der Waals surface area contributed by atoms with E-state index in [1.54, 1.807) is 6.07 Å². The molecule has 0 bridgehead atoms. The van der Waals surface area contributed by atoms with Crippen LogP contribution >= 0.6 is 0 Å². The molecule has 1 aromatic rings. The van der Waals surface area contributed by atoms with Gasteiger partial charge in [0.05, 0.1) is 0 Å². The smallest absolute Gasteiger partial charge is 0.127 e. The molecule has 1 atom stereocenters. The van der Waals surface area contributed by atoms with Crippen molar-refractivity contribution < 1.29 is 9.50 Å². The summed E-state index contributed by atoms with van der Waals surface area (Å²) in [6.45, 7) is 0.974. The standard InChI is InChI=1S/C11H14FNO/c12-9-5-8(6-10(14)7-9)11-3-1-2-4-13-11/h5-7,11,13-14H,1-4H2. The number of phenols is 1. The van der Waals surface area contributed by atoms with Gasteiger partial charge in [0.25, 0.3) is 0 Å². The van der Waals surface area contributed by atoms with E-state index in [9.17, 15) is 9.50 Å². The minimum absolute atomic E-state index is 0.00683. The molecule has 2 N–H and O–H groups in total. The van der Waals surface area contributed by atoms with Crippen molar-refractivity contribution in [3.8, 4) is 5.75 Å². The molecule has 2 rings (SSSR count). The molecule has 76 valence electrons. The molecule has 0 spiro atoms. The largest absolute Gasteiger partial charge is 0.508 e. The molecule has 1 saturated heterocycles. The molecule has 1 aliphatic heterocycles. The van der Waals surface area contributed by atoms with Crippen LogP contribution in [0.4, 0.5) is 4.39 Å². The van der Waals surface area contributed by atoms with Crippen molar-refractivity contribution in [3.05, 3.63) is 29.6 Å². The van der Waals surface area contributed by atoms with Crippen LogP contribution < -0.4 is 5.32 Å². The molecule has 1 heterocycles. The number of aromatic hydroxyl groups is 1. The number of nitrogens with one attached hydrogen (secondary N) is 1. The first-order chi connectivity index (χ1) is 6.75. The highest BCUT2D eigenvalue weighted by molar-refractivity contribution is 5.30. The third-order valence-corrected chi connectivity index (χ3v) is 2.62. The van der Waals surface area contributed by atoms with Gasteiger partial charge in [-0.25, -0.2) is 4.39 Å². The van der Waals surface area contributed by atoms with E-state index in [2.05, 4.69) is 5.32 Å². The van der Waals surface area contributed by atoms with Crippen molar-refractivity contribution in [2.45, 2.75) is 25.3 Å². The Morgan fingerprint density at radius 2 is 2.14 bits per heavy atom. The zero-order chi connectivity index (χ0) is 9.97. The molecule has 2 nitrogen and oxygen atoms in total. The molecule has 1 aromatic carbocycles. The highest BCUT2D eigenvalue weighted by Crippen LogP contribution is 2.26. The van der Waals surface area contributed by atoms with Crippen molar-refractivity contribution in [3.63, 3.8) is 0 Å². The lowest BCUT2D eigenvalue weighted by atomic mass is 9.97. The maximum atomic E-state index is 13.0. The van der Waals surface area contributed by atoms with E-state index in [0.717, 1.165) is 31.0 Å². The quantitative estimate of drug-likeness (QED) is 0.721. The van der Waals surface area contributed by atoms with Gasteiger partial charge in [0.2, 0.25) is 0 Å². The lowest BCUT2D eigenvalue weighted by Gasteiger charge is -2.23. The summed E-state index contributed by atoms with van der Waals surface area (Å²) in [6, 6.07) is 4.45. The fourth-order valence-electron chi connectivity index (χ4n) is 1.93. The monoisotopic (exact) mass is 195 g/mol. The molecule has 3 heteroatoms. The molecule has 0 amide bonds. The van der Waals surface area contributed by atoms with E-state index in [4.69, 9.17) is 0 Å². The lowest BCUT2D eigenvalue weighted by molar-refractivity contribution is 0.407. The molecule has 1 aliphatic rings. The van der Waals surface area contributed by atoms with E-state index in [1.807, 2.05) is 0 Å². The van der Waals surface area contributed by atoms with Crippen LogP contribution in [0.1, 0.15) is 30.9 Å². The number of piperidine rings is 1. The van der Waals surface area contributed by atoms with Crippen LogP contribution in [0, 0.1) is 5.82 Å². The first-order valence-corrected chi connectivity index (χ1v) is 4.98. The van der Waals surface area contributed by atoms with Gasteiger partial charge in [0.1, 0.15) is 11.6 Å². The van der Waals surface area contributed by atoms with Gasteiger partial charge in [-0.15, -0.1) is 0 Å². The predicted molar refractivity (Wildman–Crippen MR) is 52.7 cm³/mol. The second kappa shape index (κ2) is 3.96. The van der Waals surface area contributed by atoms with Gasteiger partial charge in [-0.1, -0.05) is 6.42 Å². The van der Waals surface area contributed by atoms with Crippen LogP contribution in [-0.4, -0.2) is 11.7 Å². The third kappa shape index (κ3) is 2.04. The van der Waals surface area contributed by atoms with Gasteiger partial charge in [-0.2, -0.15) is 0 Å². The number of phenolic OH excluding ortho intramolecular Hbond substituents is 1. The number of benzene rings is 1. The zero-order valence-electron chi connectivity index (χ0n) is 7.96. The molecular formula is C11H14FNO. The van der Waals surface area contributed by atoms with Crippen molar-refractivity contribution in [2.75, 3.05) is 6.54 Å². The van der Waals surface area contributed by atoms with Gasteiger partial charge in [-0.05, 0) is 37.1 Å². The Balaban J connectivity index is 2.21. The van der Waals surface area contributed by atoms with Crippen LogP contribution in [0.25, 0.3) is 0 Å². The Bertz CT molecular complexity index is 301. The fraction of sp³-hybridized carbons (Fsp3) is 0.455. The van der Waals surface area contributed by atoms with E-state index >= 15 is 0 Å². The minimum atomic E-state index is -0.368. The highest BCUT2D eigenvalue weighted by atomic mass is 19.1. The maximum Gasteiger partial charge on any atom is 0.127 e. The van der Waals surface area contributed by atoms with Gasteiger partial charge in [0, 0.05) is 12.1 Å². The van der Waals surface area contributed by atoms with E-state index in [-0.39, 0.29) is 17.6 Å². The van der Waals surface area contributed by atoms with Gasteiger partial charge >= 0.3 is 0 Å². The first kappa shape index (κ1) is 9.46. The van der Waals surface area contributed by atoms with Crippen LogP contribution in [0.15, 0.2) is 18.2 Å². The summed E-state index contributed by atoms with van der Waals surface area (Å²) in [7, 11) is 0. The topological polar surface area (TPSA) is 32.3 Å². The highest BCUT2D eigenvalue weighted by Gasteiger charge is 2.15. The third-order valence-electron chi connectivity index (χ3n) is 2.62. The SMILES string of the molecule is Oc1cc(F)cc(C2CCCCN2)c1. The number of halogens is 1. The summed E-state index contributed by atoms with van der Waals surface area (Å²) < 4.78 is 13.0. The van der Waals surface area contributed by atoms with Crippen molar-refractivity contribution in [1.29, 1.82) is 0 Å². The van der Waals surface area contributed by atoms with Crippen molar-refractivity contribution in [2.24, 2.45) is 0 Å². The first-order valence-electron chi connectivity index (χ1n) is 4.98. The van der Waals surface area contributed by atoms with Gasteiger partial charge in [-0.3, -0.25) is 0 Å². The molecule has 1 unspecified atom stereocenters. The van der Waals surface area contributed by atoms with Crippen LogP contribution in [-0.2, 0) is 0 Å². The average molecular weight is 195 g/mol. The summed E-state index contributed by atoms with van der Waals surface area (Å²) in [5, 5.41) is 12.6. The molecule has 0 radical (unpaired) electrons. The maximum absolute atomic E-state index is 13.0. The minimum Gasteiger partial charge on any atom is -0.508 e. The Hall–Kier alpha value is -1.09. The summed E-state index contributed by atoms with van der Waals surface area (Å²) in [4.78, 5) is 0. The number of hydrogen-bond donors (Lipinski definition) is 2. The lowest BCUT2D eigenvalue weighted by Crippen LogP contribution is -2.26. The summed E-state index contributed by atoms with van der Waals surface area (Å²) >= 11 is 0. The molecule has 0 saturated carbocycles. The van der Waals surface area contributed by atoms with Gasteiger partial charge in [0.15, 0.2) is 0 Å². The Morgan fingerprint density at radius 1 is 1.29 bits per heavy atom. The number of rotatable bonds is 1. The van der Waals surface area contributed by atoms with Gasteiger partial charge < -0.3 is 10.4 Å². The second-order valence-corrected chi connectivity index (χ2v) is 3.75. The summed E-state index contributed by atoms with van der Waals surface area (Å²) in [5.41, 5.74) is 0.849. The predicted octanol–water partition coefficient (Wildman–Crippen LogP) is 2.35. The molecule has 14 heavy (non-hydrogen) atoms. The normalized spacial score (nSPS) is 22.2. The van der Waals surface area contributed by atoms with Crippen molar-refractivity contribution >= 4 is 0 Å². The Morgan fingerprint density at radius 3 is 2.79 bits per heavy atom. The Labute approximate surface area is 82.8 Å². The van der Waals surface area contributed by atoms with Crippen LogP contribution in [0.2, 0.25) is 0 Å². The molecule has 0 aromatic heterocycles. The van der Waals surface area contributed by atoms with Crippen molar-refractivity contribution in [1.82, 2.24) is 5.32 Å². The van der Waals surface area contributed by atoms with E-state index in [1.165, 1.54) is 12.5 Å². The molecule has 0 aliphatic carbocycles.